The van der Waals surface area contributed by atoms with Crippen LogP contribution in [0, 0.1) is 11.3 Å². The van der Waals surface area contributed by atoms with Gasteiger partial charge in [-0.3, -0.25) is 0 Å². The molecule has 0 aliphatic rings. The Morgan fingerprint density at radius 1 is 1.24 bits per heavy atom. The van der Waals surface area contributed by atoms with Gasteiger partial charge in [0.2, 0.25) is 5.89 Å². The van der Waals surface area contributed by atoms with Crippen molar-refractivity contribution >= 4 is 11.6 Å². The van der Waals surface area contributed by atoms with Gasteiger partial charge < -0.3 is 9.15 Å². The topological polar surface area (TPSA) is 71.9 Å². The summed E-state index contributed by atoms with van der Waals surface area (Å²) in [6.07, 6.45) is -2.68. The van der Waals surface area contributed by atoms with Crippen LogP contribution in [-0.2, 0) is 0 Å². The number of ether oxygens (including phenoxy) is 1. The summed E-state index contributed by atoms with van der Waals surface area (Å²) in [6, 6.07) is 9.58. The van der Waals surface area contributed by atoms with Crippen LogP contribution in [0.3, 0.4) is 0 Å². The van der Waals surface area contributed by atoms with Gasteiger partial charge in [-0.1, -0.05) is 17.7 Å². The van der Waals surface area contributed by atoms with Gasteiger partial charge >= 0.3 is 6.36 Å². The molecule has 0 bridgehead atoms. The van der Waals surface area contributed by atoms with Gasteiger partial charge in [0.05, 0.1) is 22.9 Å². The Morgan fingerprint density at radius 3 is 2.72 bits per heavy atom. The second-order valence-corrected chi connectivity index (χ2v) is 5.19. The minimum Gasteiger partial charge on any atom is -0.444 e. The van der Waals surface area contributed by atoms with Crippen LogP contribution in [0.25, 0.3) is 22.8 Å². The molecular weight excluding hydrogens is 359 g/mol. The first-order valence-corrected chi connectivity index (χ1v) is 7.11. The number of benzene rings is 1. The van der Waals surface area contributed by atoms with Crippen molar-refractivity contribution < 1.29 is 22.3 Å². The molecule has 0 atom stereocenters. The summed E-state index contributed by atoms with van der Waals surface area (Å²) in [5.41, 5.74) is 1.38. The maximum Gasteiger partial charge on any atom is 0.573 e. The summed E-state index contributed by atoms with van der Waals surface area (Å²) in [5, 5.41) is 8.84. The molecule has 1 aromatic carbocycles. The molecule has 126 valence electrons. The molecule has 9 heteroatoms. The Labute approximate surface area is 144 Å². The smallest absolute Gasteiger partial charge is 0.444 e. The molecule has 3 aromatic rings. The summed E-state index contributed by atoms with van der Waals surface area (Å²) < 4.78 is 45.7. The molecule has 0 amide bonds. The van der Waals surface area contributed by atoms with Crippen molar-refractivity contribution in [2.24, 2.45) is 0 Å². The largest absolute Gasteiger partial charge is 0.573 e. The van der Waals surface area contributed by atoms with E-state index in [-0.39, 0.29) is 22.3 Å². The number of nitriles is 1. The van der Waals surface area contributed by atoms with Crippen molar-refractivity contribution in [3.63, 3.8) is 0 Å². The van der Waals surface area contributed by atoms with E-state index < -0.39 is 12.1 Å². The number of oxazole rings is 1. The van der Waals surface area contributed by atoms with Crippen LogP contribution in [0.5, 0.6) is 5.75 Å². The Hall–Kier alpha value is -3.05. The van der Waals surface area contributed by atoms with Crippen LogP contribution in [0.1, 0.15) is 5.56 Å². The van der Waals surface area contributed by atoms with E-state index in [9.17, 15) is 13.2 Å². The van der Waals surface area contributed by atoms with E-state index in [1.807, 2.05) is 6.07 Å². The highest BCUT2D eigenvalue weighted by atomic mass is 35.5. The molecule has 3 rings (SSSR count). The van der Waals surface area contributed by atoms with Crippen molar-refractivity contribution in [1.82, 2.24) is 9.97 Å². The van der Waals surface area contributed by atoms with Crippen LogP contribution in [0.15, 0.2) is 47.2 Å². The highest BCUT2D eigenvalue weighted by molar-refractivity contribution is 6.33. The highest BCUT2D eigenvalue weighted by Gasteiger charge is 2.31. The molecule has 2 heterocycles. The quantitative estimate of drug-likeness (QED) is 0.665. The summed E-state index contributed by atoms with van der Waals surface area (Å²) in [5.74, 6) is -0.313. The third-order valence-corrected chi connectivity index (χ3v) is 3.32. The third-order valence-electron chi connectivity index (χ3n) is 3.04. The zero-order valence-electron chi connectivity index (χ0n) is 12.2. The molecule has 0 fully saturated rings. The van der Waals surface area contributed by atoms with Crippen molar-refractivity contribution in [3.8, 4) is 34.7 Å². The fourth-order valence-electron chi connectivity index (χ4n) is 2.04. The molecule has 0 spiro atoms. The van der Waals surface area contributed by atoms with Crippen molar-refractivity contribution in [2.45, 2.75) is 6.36 Å². The van der Waals surface area contributed by atoms with Gasteiger partial charge in [-0.15, -0.1) is 13.2 Å². The van der Waals surface area contributed by atoms with Crippen molar-refractivity contribution in [2.75, 3.05) is 0 Å². The lowest BCUT2D eigenvalue weighted by Gasteiger charge is -2.09. The van der Waals surface area contributed by atoms with Gasteiger partial charge in [0.25, 0.3) is 0 Å². The first kappa shape index (κ1) is 16.8. The number of hydrogen-bond donors (Lipinski definition) is 0. The Bertz CT molecular complexity index is 964. The Morgan fingerprint density at radius 2 is 2.04 bits per heavy atom. The predicted molar refractivity (Wildman–Crippen MR) is 81.6 cm³/mol. The van der Waals surface area contributed by atoms with Gasteiger partial charge in [0.15, 0.2) is 0 Å². The van der Waals surface area contributed by atoms with Gasteiger partial charge in [-0.25, -0.2) is 9.97 Å². The lowest BCUT2D eigenvalue weighted by Crippen LogP contribution is -2.17. The number of alkyl halides is 3. The van der Waals surface area contributed by atoms with E-state index in [4.69, 9.17) is 21.3 Å². The monoisotopic (exact) mass is 365 g/mol. The molecule has 5 nitrogen and oxygen atoms in total. The van der Waals surface area contributed by atoms with E-state index in [1.54, 1.807) is 24.3 Å². The normalized spacial score (nSPS) is 11.2. The molecule has 0 radical (unpaired) electrons. The zero-order chi connectivity index (χ0) is 18.0. The minimum absolute atomic E-state index is 0.0765. The summed E-state index contributed by atoms with van der Waals surface area (Å²) >= 11 is 5.96. The number of aromatic nitrogens is 2. The molecule has 2 aromatic heterocycles. The van der Waals surface area contributed by atoms with Crippen LogP contribution in [0.4, 0.5) is 13.2 Å². The fourth-order valence-corrected chi connectivity index (χ4v) is 2.29. The molecule has 0 saturated carbocycles. The van der Waals surface area contributed by atoms with Crippen molar-refractivity contribution in [1.29, 1.82) is 5.26 Å². The van der Waals surface area contributed by atoms with Crippen LogP contribution >= 0.6 is 11.6 Å². The average Bonchev–Trinajstić information content (AvgIpc) is 3.03. The number of hydrogen-bond acceptors (Lipinski definition) is 5. The van der Waals surface area contributed by atoms with Gasteiger partial charge in [0, 0.05) is 11.6 Å². The zero-order valence-corrected chi connectivity index (χ0v) is 13.0. The average molecular weight is 366 g/mol. The number of halogens is 4. The fraction of sp³-hybridized carbons (Fsp3) is 0.0625. The molecule has 0 unspecified atom stereocenters. The van der Waals surface area contributed by atoms with Crippen LogP contribution < -0.4 is 4.74 Å². The van der Waals surface area contributed by atoms with E-state index in [0.29, 0.717) is 11.1 Å². The summed E-state index contributed by atoms with van der Waals surface area (Å²) in [4.78, 5) is 8.05. The summed E-state index contributed by atoms with van der Waals surface area (Å²) in [6.45, 7) is 0. The summed E-state index contributed by atoms with van der Waals surface area (Å²) in [7, 11) is 0. The minimum atomic E-state index is -4.83. The van der Waals surface area contributed by atoms with E-state index in [0.717, 1.165) is 12.3 Å². The van der Waals surface area contributed by atoms with Crippen LogP contribution in [0.2, 0.25) is 5.02 Å². The standard InChI is InChI=1S/C16H7ClF3N3O2/c17-12-5-11(25-16(18,19)20)7-22-14(12)13-8-24-15(23-13)10-3-1-2-9(4-10)6-21/h1-5,7-8H. The number of pyridine rings is 1. The van der Waals surface area contributed by atoms with Crippen LogP contribution in [-0.4, -0.2) is 16.3 Å². The molecule has 0 saturated heterocycles. The van der Waals surface area contributed by atoms with E-state index >= 15 is 0 Å². The second-order valence-electron chi connectivity index (χ2n) is 4.78. The molecule has 0 aliphatic carbocycles. The first-order chi connectivity index (χ1) is 11.9. The van der Waals surface area contributed by atoms with Gasteiger partial charge in [-0.2, -0.15) is 5.26 Å². The van der Waals surface area contributed by atoms with Gasteiger partial charge in [-0.05, 0) is 18.2 Å². The molecule has 0 aliphatic heterocycles. The second kappa shape index (κ2) is 6.45. The molecule has 0 N–H and O–H groups in total. The SMILES string of the molecule is N#Cc1cccc(-c2nc(-c3ncc(OC(F)(F)F)cc3Cl)co2)c1. The molecule has 25 heavy (non-hydrogen) atoms. The Kier molecular flexibility index (Phi) is 4.33. The molecular formula is C16H7ClF3N3O2. The predicted octanol–water partition coefficient (Wildman–Crippen LogP) is 4.83. The lowest BCUT2D eigenvalue weighted by molar-refractivity contribution is -0.274. The number of nitrogens with zero attached hydrogens (tertiary/aromatic N) is 3. The highest BCUT2D eigenvalue weighted by Crippen LogP contribution is 2.32. The Balaban J connectivity index is 1.91. The maximum absolute atomic E-state index is 12.2. The van der Waals surface area contributed by atoms with E-state index in [2.05, 4.69) is 14.7 Å². The maximum atomic E-state index is 12.2. The van der Waals surface area contributed by atoms with Crippen molar-refractivity contribution in [3.05, 3.63) is 53.4 Å². The van der Waals surface area contributed by atoms with E-state index in [1.165, 1.54) is 6.26 Å². The lowest BCUT2D eigenvalue weighted by atomic mass is 10.1. The first-order valence-electron chi connectivity index (χ1n) is 6.73. The number of rotatable bonds is 3. The van der Waals surface area contributed by atoms with Gasteiger partial charge in [0.1, 0.15) is 23.4 Å². The third kappa shape index (κ3) is 3.89.